The molecule has 2 N–H and O–H groups in total. The smallest absolute Gasteiger partial charge is 0.276 e. The standard InChI is InChI=1S/C28H32F6N8O5/c1-14-20(40-47-39-14)22(43)38-21(15-2-5-27(31,32)6-3-15)17-12-42-25(37-17)36-16(11-35-42)18-10-26(45,24(29)30)8-9-41(18)23(44)19-4-7-28(33,34)13-46-19/h11-12,15,18-19,21,24,45H,2-10,13H2,1H3,(H,38,43)/t18-,19+,21+,26-/m1/s1. The molecule has 3 aromatic heterocycles. The van der Waals surface area contributed by atoms with E-state index in [0.717, 1.165) is 0 Å². The second kappa shape index (κ2) is 12.3. The number of nitrogens with zero attached hydrogens (tertiary/aromatic N) is 7. The first-order valence-electron chi connectivity index (χ1n) is 15.2. The Morgan fingerprint density at radius 1 is 1.04 bits per heavy atom. The van der Waals surface area contributed by atoms with E-state index in [1.54, 1.807) is 0 Å². The van der Waals surface area contributed by atoms with E-state index in [2.05, 4.69) is 35.3 Å². The summed E-state index contributed by atoms with van der Waals surface area (Å²) in [6, 6.07) is -2.13. The average Bonchev–Trinajstić information content (AvgIpc) is 3.65. The summed E-state index contributed by atoms with van der Waals surface area (Å²) >= 11 is 0. The third kappa shape index (κ3) is 6.77. The summed E-state index contributed by atoms with van der Waals surface area (Å²) in [5.74, 6) is -7.84. The van der Waals surface area contributed by atoms with E-state index in [4.69, 9.17) is 4.74 Å². The van der Waals surface area contributed by atoms with E-state index in [1.165, 1.54) is 28.7 Å². The van der Waals surface area contributed by atoms with Crippen LogP contribution in [0.15, 0.2) is 17.0 Å². The molecule has 1 aliphatic carbocycles. The van der Waals surface area contributed by atoms with Gasteiger partial charge in [0.1, 0.15) is 24.0 Å². The number of imidazole rings is 1. The van der Waals surface area contributed by atoms with Gasteiger partial charge in [-0.15, -0.1) is 0 Å². The predicted octanol–water partition coefficient (Wildman–Crippen LogP) is 3.59. The summed E-state index contributed by atoms with van der Waals surface area (Å²) < 4.78 is 94.3. The van der Waals surface area contributed by atoms with E-state index in [-0.39, 0.29) is 54.4 Å². The second-order valence-electron chi connectivity index (χ2n) is 12.5. The number of nitrogens with one attached hydrogen (secondary N) is 1. The maximum absolute atomic E-state index is 14.0. The number of carbonyl (C=O) groups excluding carboxylic acids is 2. The van der Waals surface area contributed by atoms with Gasteiger partial charge in [-0.3, -0.25) is 9.59 Å². The van der Waals surface area contributed by atoms with E-state index < -0.39 is 98.5 Å². The zero-order valence-corrected chi connectivity index (χ0v) is 25.1. The highest BCUT2D eigenvalue weighted by molar-refractivity contribution is 5.93. The monoisotopic (exact) mass is 674 g/mol. The Balaban J connectivity index is 1.31. The van der Waals surface area contributed by atoms with Crippen LogP contribution in [0, 0.1) is 12.8 Å². The normalized spacial score (nSPS) is 27.2. The largest absolute Gasteiger partial charge is 0.384 e. The zero-order valence-electron chi connectivity index (χ0n) is 25.1. The number of carbonyl (C=O) groups is 2. The predicted molar refractivity (Wildman–Crippen MR) is 145 cm³/mol. The van der Waals surface area contributed by atoms with E-state index in [9.17, 15) is 41.0 Å². The second-order valence-corrected chi connectivity index (χ2v) is 12.5. The number of amides is 2. The molecule has 0 bridgehead atoms. The Bertz CT molecular complexity index is 1620. The summed E-state index contributed by atoms with van der Waals surface area (Å²) in [5, 5.41) is 25.0. The van der Waals surface area contributed by atoms with Crippen LogP contribution >= 0.6 is 0 Å². The maximum atomic E-state index is 14.0. The van der Waals surface area contributed by atoms with Gasteiger partial charge in [-0.1, -0.05) is 5.16 Å². The third-order valence-electron chi connectivity index (χ3n) is 9.22. The lowest BCUT2D eigenvalue weighted by Gasteiger charge is -2.44. The summed E-state index contributed by atoms with van der Waals surface area (Å²) in [6.07, 6.45) is -4.39. The Labute approximate surface area is 263 Å². The highest BCUT2D eigenvalue weighted by Crippen LogP contribution is 2.43. The van der Waals surface area contributed by atoms with Gasteiger partial charge in [0.2, 0.25) is 5.92 Å². The van der Waals surface area contributed by atoms with Crippen LogP contribution in [0.5, 0.6) is 0 Å². The molecule has 256 valence electrons. The number of alkyl halides is 6. The summed E-state index contributed by atoms with van der Waals surface area (Å²) in [4.78, 5) is 36.6. The molecule has 2 aliphatic heterocycles. The summed E-state index contributed by atoms with van der Waals surface area (Å²) in [6.45, 7) is 0.213. The van der Waals surface area contributed by atoms with Crippen LogP contribution in [0.1, 0.15) is 91.0 Å². The minimum absolute atomic E-state index is 0.00916. The van der Waals surface area contributed by atoms with Crippen LogP contribution in [-0.4, -0.2) is 94.8 Å². The quantitative estimate of drug-likeness (QED) is 0.355. The van der Waals surface area contributed by atoms with Gasteiger partial charge in [-0.25, -0.2) is 45.5 Å². The van der Waals surface area contributed by atoms with Crippen molar-refractivity contribution in [2.24, 2.45) is 5.92 Å². The van der Waals surface area contributed by atoms with Gasteiger partial charge < -0.3 is 20.1 Å². The molecule has 3 aliphatic rings. The number of hydrogen-bond donors (Lipinski definition) is 2. The van der Waals surface area contributed by atoms with E-state index >= 15 is 0 Å². The molecule has 3 aromatic rings. The van der Waals surface area contributed by atoms with Gasteiger partial charge in [0.15, 0.2) is 5.69 Å². The molecule has 2 amide bonds. The number of likely N-dealkylation sites (tertiary alicyclic amines) is 1. The molecule has 19 heteroatoms. The first-order chi connectivity index (χ1) is 22.1. The van der Waals surface area contributed by atoms with Crippen molar-refractivity contribution in [3.05, 3.63) is 35.2 Å². The Morgan fingerprint density at radius 2 is 1.77 bits per heavy atom. The molecule has 2 saturated heterocycles. The van der Waals surface area contributed by atoms with Gasteiger partial charge in [-0.05, 0) is 43.7 Å². The molecule has 0 spiro atoms. The number of ether oxygens (including phenoxy) is 1. The summed E-state index contributed by atoms with van der Waals surface area (Å²) in [5.41, 5.74) is -2.15. The number of halogens is 6. The lowest BCUT2D eigenvalue weighted by Crippen LogP contribution is -2.55. The van der Waals surface area contributed by atoms with Crippen LogP contribution in [0.25, 0.3) is 5.78 Å². The van der Waals surface area contributed by atoms with Crippen molar-refractivity contribution in [3.63, 3.8) is 0 Å². The number of aromatic nitrogens is 6. The zero-order chi connectivity index (χ0) is 33.7. The Hall–Kier alpha value is -3.87. The molecule has 47 heavy (non-hydrogen) atoms. The van der Waals surface area contributed by atoms with Gasteiger partial charge in [0.05, 0.1) is 35.9 Å². The van der Waals surface area contributed by atoms with E-state index in [0.29, 0.717) is 0 Å². The number of aryl methyl sites for hydroxylation is 1. The molecule has 4 atom stereocenters. The molecule has 0 aromatic carbocycles. The molecule has 13 nitrogen and oxygen atoms in total. The average molecular weight is 675 g/mol. The fourth-order valence-corrected chi connectivity index (χ4v) is 6.44. The molecular weight excluding hydrogens is 642 g/mol. The molecular formula is C28H32F6N8O5. The van der Waals surface area contributed by atoms with Gasteiger partial charge in [0, 0.05) is 32.2 Å². The molecule has 1 saturated carbocycles. The number of fused-ring (bicyclic) bond motifs is 1. The van der Waals surface area contributed by atoms with Crippen molar-refractivity contribution >= 4 is 17.6 Å². The Morgan fingerprint density at radius 3 is 2.40 bits per heavy atom. The molecule has 0 unspecified atom stereocenters. The van der Waals surface area contributed by atoms with E-state index in [1.807, 2.05) is 0 Å². The number of hydrogen-bond acceptors (Lipinski definition) is 10. The van der Waals surface area contributed by atoms with Crippen molar-refractivity contribution < 1.29 is 50.4 Å². The van der Waals surface area contributed by atoms with Crippen molar-refractivity contribution in [1.29, 1.82) is 0 Å². The van der Waals surface area contributed by atoms with Crippen LogP contribution in [0.2, 0.25) is 0 Å². The lowest BCUT2D eigenvalue weighted by molar-refractivity contribution is -0.182. The van der Waals surface area contributed by atoms with Gasteiger partial charge in [0.25, 0.3) is 29.9 Å². The fraction of sp³-hybridized carbons (Fsp3) is 0.679. The Kier molecular flexibility index (Phi) is 8.65. The van der Waals surface area contributed by atoms with Crippen LogP contribution < -0.4 is 5.32 Å². The fourth-order valence-electron chi connectivity index (χ4n) is 6.44. The van der Waals surface area contributed by atoms with Crippen molar-refractivity contribution in [3.8, 4) is 0 Å². The minimum Gasteiger partial charge on any atom is -0.384 e. The highest BCUT2D eigenvalue weighted by atomic mass is 19.3. The molecule has 6 rings (SSSR count). The minimum atomic E-state index is -3.16. The number of piperidine rings is 1. The topological polar surface area (TPSA) is 161 Å². The maximum Gasteiger partial charge on any atom is 0.276 e. The van der Waals surface area contributed by atoms with Gasteiger partial charge in [-0.2, -0.15) is 5.10 Å². The van der Waals surface area contributed by atoms with Crippen molar-refractivity contribution in [1.82, 2.24) is 40.1 Å². The highest BCUT2D eigenvalue weighted by Gasteiger charge is 2.49. The van der Waals surface area contributed by atoms with Crippen molar-refractivity contribution in [2.75, 3.05) is 13.2 Å². The first-order valence-corrected chi connectivity index (χ1v) is 15.2. The van der Waals surface area contributed by atoms with Crippen LogP contribution in [-0.2, 0) is 9.53 Å². The number of aliphatic hydroxyl groups is 1. The van der Waals surface area contributed by atoms with Crippen molar-refractivity contribution in [2.45, 2.75) is 100 Å². The van der Waals surface area contributed by atoms with Gasteiger partial charge >= 0.3 is 0 Å². The SMILES string of the molecule is Cc1nonc1C(=O)N[C@H](c1cn2ncc([C@H]3C[C@@](O)(C(F)F)CCN3C(=O)[C@@H]3CCC(F)(F)CO3)nc2n1)C1CCC(F)(F)CC1. The molecule has 5 heterocycles. The summed E-state index contributed by atoms with van der Waals surface area (Å²) in [7, 11) is 0. The third-order valence-corrected chi connectivity index (χ3v) is 9.22. The number of rotatable bonds is 7. The van der Waals surface area contributed by atoms with Crippen LogP contribution in [0.3, 0.4) is 0 Å². The van der Waals surface area contributed by atoms with Crippen LogP contribution in [0.4, 0.5) is 26.3 Å². The molecule has 3 fully saturated rings. The first kappa shape index (κ1) is 33.0. The lowest BCUT2D eigenvalue weighted by atomic mass is 9.81. The molecule has 0 radical (unpaired) electrons.